The minimum Gasteiger partial charge on any atom is -0.494 e. The third-order valence-corrected chi connectivity index (χ3v) is 3.88. The number of hydrogen-bond acceptors (Lipinski definition) is 3. The van der Waals surface area contributed by atoms with E-state index in [1.807, 2.05) is 19.1 Å². The molecule has 4 heteroatoms. The smallest absolute Gasteiger partial charge is 0.123 e. The largest absolute Gasteiger partial charge is 0.494 e. The van der Waals surface area contributed by atoms with Gasteiger partial charge in [-0.3, -0.25) is 0 Å². The van der Waals surface area contributed by atoms with Gasteiger partial charge in [0.25, 0.3) is 0 Å². The third kappa shape index (κ3) is 2.70. The van der Waals surface area contributed by atoms with Crippen molar-refractivity contribution in [3.8, 4) is 5.75 Å². The summed E-state index contributed by atoms with van der Waals surface area (Å²) in [6, 6.07) is 14.4. The second-order valence-corrected chi connectivity index (χ2v) is 5.33. The second kappa shape index (κ2) is 6.20. The van der Waals surface area contributed by atoms with Gasteiger partial charge in [0.15, 0.2) is 0 Å². The van der Waals surface area contributed by atoms with E-state index >= 15 is 0 Å². The molecule has 0 saturated heterocycles. The van der Waals surface area contributed by atoms with Crippen molar-refractivity contribution in [3.63, 3.8) is 0 Å². The van der Waals surface area contributed by atoms with Crippen LogP contribution < -0.4 is 10.5 Å². The second-order valence-electron chi connectivity index (χ2n) is 5.33. The Labute approximate surface area is 130 Å². The Kier molecular flexibility index (Phi) is 4.11. The van der Waals surface area contributed by atoms with Gasteiger partial charge in [0.1, 0.15) is 11.6 Å². The fraction of sp³-hybridized carbons (Fsp3) is 0.278. The maximum Gasteiger partial charge on any atom is 0.123 e. The minimum absolute atomic E-state index is 0.421. The lowest BCUT2D eigenvalue weighted by Gasteiger charge is -2.11. The van der Waals surface area contributed by atoms with E-state index in [1.54, 1.807) is 0 Å². The molecule has 0 aliphatic carbocycles. The number of ether oxygens (including phenoxy) is 1. The SMILES string of the molecule is CCOc1ccc2c(c1)nc(CN)n2Cc1ccccc1C. The zero-order chi connectivity index (χ0) is 15.5. The Morgan fingerprint density at radius 1 is 1.18 bits per heavy atom. The van der Waals surface area contributed by atoms with Crippen molar-refractivity contribution in [2.24, 2.45) is 5.73 Å². The number of nitrogens with zero attached hydrogens (tertiary/aromatic N) is 2. The molecule has 0 aliphatic rings. The van der Waals surface area contributed by atoms with Crippen LogP contribution in [0.2, 0.25) is 0 Å². The molecular weight excluding hydrogens is 274 g/mol. The molecular formula is C18H21N3O. The van der Waals surface area contributed by atoms with E-state index in [1.165, 1.54) is 11.1 Å². The van der Waals surface area contributed by atoms with Crippen molar-refractivity contribution in [3.05, 3.63) is 59.4 Å². The van der Waals surface area contributed by atoms with Crippen LogP contribution in [0.25, 0.3) is 11.0 Å². The van der Waals surface area contributed by atoms with Crippen molar-refractivity contribution in [2.45, 2.75) is 26.9 Å². The maximum absolute atomic E-state index is 5.89. The number of hydrogen-bond donors (Lipinski definition) is 1. The van der Waals surface area contributed by atoms with Crippen molar-refractivity contribution < 1.29 is 4.74 Å². The summed E-state index contributed by atoms with van der Waals surface area (Å²) >= 11 is 0. The van der Waals surface area contributed by atoms with Gasteiger partial charge in [0.2, 0.25) is 0 Å². The average molecular weight is 295 g/mol. The van der Waals surface area contributed by atoms with Crippen LogP contribution in [0.5, 0.6) is 5.75 Å². The number of imidazole rings is 1. The highest BCUT2D eigenvalue weighted by molar-refractivity contribution is 5.78. The third-order valence-electron chi connectivity index (χ3n) is 3.88. The zero-order valence-electron chi connectivity index (χ0n) is 13.0. The lowest BCUT2D eigenvalue weighted by atomic mass is 10.1. The van der Waals surface area contributed by atoms with E-state index in [0.29, 0.717) is 13.2 Å². The number of aryl methyl sites for hydroxylation is 1. The molecule has 0 saturated carbocycles. The van der Waals surface area contributed by atoms with Gasteiger partial charge in [-0.25, -0.2) is 4.98 Å². The Morgan fingerprint density at radius 3 is 2.73 bits per heavy atom. The standard InChI is InChI=1S/C18H21N3O/c1-3-22-15-8-9-17-16(10-15)20-18(11-19)21(17)12-14-7-5-4-6-13(14)2/h4-10H,3,11-12,19H2,1-2H3. The summed E-state index contributed by atoms with van der Waals surface area (Å²) in [5.74, 6) is 1.74. The summed E-state index contributed by atoms with van der Waals surface area (Å²) in [5.41, 5.74) is 10.5. The van der Waals surface area contributed by atoms with Gasteiger partial charge in [0.05, 0.1) is 24.2 Å². The summed E-state index contributed by atoms with van der Waals surface area (Å²) in [6.45, 7) is 5.96. The van der Waals surface area contributed by atoms with Gasteiger partial charge in [-0.2, -0.15) is 0 Å². The summed E-state index contributed by atoms with van der Waals surface area (Å²) < 4.78 is 7.74. The zero-order valence-corrected chi connectivity index (χ0v) is 13.0. The van der Waals surface area contributed by atoms with Gasteiger partial charge in [0, 0.05) is 12.6 Å². The molecule has 114 valence electrons. The molecule has 0 spiro atoms. The van der Waals surface area contributed by atoms with Crippen LogP contribution in [-0.4, -0.2) is 16.2 Å². The molecule has 3 aromatic rings. The Hall–Kier alpha value is -2.33. The van der Waals surface area contributed by atoms with Crippen LogP contribution in [0, 0.1) is 6.92 Å². The first-order valence-corrected chi connectivity index (χ1v) is 7.59. The van der Waals surface area contributed by atoms with Crippen molar-refractivity contribution in [1.82, 2.24) is 9.55 Å². The topological polar surface area (TPSA) is 53.1 Å². The molecule has 22 heavy (non-hydrogen) atoms. The van der Waals surface area contributed by atoms with E-state index < -0.39 is 0 Å². The molecule has 1 heterocycles. The Bertz CT molecular complexity index is 792. The number of rotatable bonds is 5. The van der Waals surface area contributed by atoms with E-state index in [2.05, 4.69) is 46.8 Å². The Morgan fingerprint density at radius 2 is 2.00 bits per heavy atom. The molecule has 0 amide bonds. The minimum atomic E-state index is 0.421. The lowest BCUT2D eigenvalue weighted by molar-refractivity contribution is 0.340. The lowest BCUT2D eigenvalue weighted by Crippen LogP contribution is -2.10. The number of fused-ring (bicyclic) bond motifs is 1. The highest BCUT2D eigenvalue weighted by atomic mass is 16.5. The number of benzene rings is 2. The maximum atomic E-state index is 5.89. The molecule has 0 radical (unpaired) electrons. The van der Waals surface area contributed by atoms with Gasteiger partial charge >= 0.3 is 0 Å². The first kappa shape index (κ1) is 14.6. The fourth-order valence-corrected chi connectivity index (χ4v) is 2.71. The van der Waals surface area contributed by atoms with Crippen LogP contribution >= 0.6 is 0 Å². The summed E-state index contributed by atoms with van der Waals surface area (Å²) in [5, 5.41) is 0. The van der Waals surface area contributed by atoms with Crippen molar-refractivity contribution in [2.75, 3.05) is 6.61 Å². The van der Waals surface area contributed by atoms with Crippen LogP contribution in [-0.2, 0) is 13.1 Å². The molecule has 4 nitrogen and oxygen atoms in total. The molecule has 0 aliphatic heterocycles. The van der Waals surface area contributed by atoms with Crippen LogP contribution in [0.4, 0.5) is 0 Å². The predicted molar refractivity (Wildman–Crippen MR) is 89.1 cm³/mol. The van der Waals surface area contributed by atoms with E-state index in [4.69, 9.17) is 10.5 Å². The van der Waals surface area contributed by atoms with E-state index in [0.717, 1.165) is 29.2 Å². The number of aromatic nitrogens is 2. The molecule has 0 fully saturated rings. The summed E-state index contributed by atoms with van der Waals surface area (Å²) in [7, 11) is 0. The van der Waals surface area contributed by atoms with Crippen LogP contribution in [0.15, 0.2) is 42.5 Å². The fourth-order valence-electron chi connectivity index (χ4n) is 2.71. The highest BCUT2D eigenvalue weighted by Gasteiger charge is 2.11. The molecule has 0 bridgehead atoms. The predicted octanol–water partition coefficient (Wildman–Crippen LogP) is 3.25. The Balaban J connectivity index is 2.06. The molecule has 0 unspecified atom stereocenters. The van der Waals surface area contributed by atoms with Gasteiger partial charge in [-0.15, -0.1) is 0 Å². The monoisotopic (exact) mass is 295 g/mol. The van der Waals surface area contributed by atoms with Crippen molar-refractivity contribution in [1.29, 1.82) is 0 Å². The quantitative estimate of drug-likeness (QED) is 0.786. The molecule has 2 N–H and O–H groups in total. The molecule has 1 aromatic heterocycles. The molecule has 3 rings (SSSR count). The van der Waals surface area contributed by atoms with Gasteiger partial charge in [-0.05, 0) is 37.1 Å². The normalized spacial score (nSPS) is 11.0. The highest BCUT2D eigenvalue weighted by Crippen LogP contribution is 2.23. The first-order chi connectivity index (χ1) is 10.7. The van der Waals surface area contributed by atoms with E-state index in [-0.39, 0.29) is 0 Å². The first-order valence-electron chi connectivity index (χ1n) is 7.59. The summed E-state index contributed by atoms with van der Waals surface area (Å²) in [4.78, 5) is 4.66. The van der Waals surface area contributed by atoms with E-state index in [9.17, 15) is 0 Å². The van der Waals surface area contributed by atoms with Crippen molar-refractivity contribution >= 4 is 11.0 Å². The summed E-state index contributed by atoms with van der Waals surface area (Å²) in [6.07, 6.45) is 0. The number of nitrogens with two attached hydrogens (primary N) is 1. The van der Waals surface area contributed by atoms with Gasteiger partial charge in [-0.1, -0.05) is 24.3 Å². The van der Waals surface area contributed by atoms with Gasteiger partial charge < -0.3 is 15.0 Å². The van der Waals surface area contributed by atoms with Crippen LogP contribution in [0.1, 0.15) is 23.9 Å². The molecule has 0 atom stereocenters. The van der Waals surface area contributed by atoms with Crippen LogP contribution in [0.3, 0.4) is 0 Å². The average Bonchev–Trinajstić information content (AvgIpc) is 2.87. The molecule has 2 aromatic carbocycles.